The zero-order valence-corrected chi connectivity index (χ0v) is 8.45. The summed E-state index contributed by atoms with van der Waals surface area (Å²) in [6.45, 7) is 0.650. The van der Waals surface area contributed by atoms with E-state index < -0.39 is 0 Å². The molecule has 1 saturated carbocycles. The molecule has 0 spiro atoms. The van der Waals surface area contributed by atoms with Gasteiger partial charge in [-0.05, 0) is 19.4 Å². The molecule has 3 nitrogen and oxygen atoms in total. The van der Waals surface area contributed by atoms with Crippen molar-refractivity contribution in [3.05, 3.63) is 23.8 Å². The zero-order valence-electron chi connectivity index (χ0n) is 8.45. The molecule has 0 unspecified atom stereocenters. The summed E-state index contributed by atoms with van der Waals surface area (Å²) >= 11 is 0. The number of nitrogens with zero attached hydrogens (tertiary/aromatic N) is 2. The van der Waals surface area contributed by atoms with Crippen LogP contribution >= 0.6 is 0 Å². The molecule has 2 N–H and O–H groups in total. The van der Waals surface area contributed by atoms with Gasteiger partial charge in [0.15, 0.2) is 0 Å². The van der Waals surface area contributed by atoms with E-state index in [1.165, 1.54) is 31.4 Å². The minimum Gasteiger partial charge on any atom is -0.330 e. The maximum Gasteiger partial charge on any atom is 0.0617 e. The molecule has 1 fully saturated rings. The molecule has 0 radical (unpaired) electrons. The van der Waals surface area contributed by atoms with E-state index in [-0.39, 0.29) is 0 Å². The van der Waals surface area contributed by atoms with E-state index in [1.807, 2.05) is 12.4 Å². The maximum atomic E-state index is 5.45. The van der Waals surface area contributed by atoms with E-state index in [1.54, 1.807) is 0 Å². The van der Waals surface area contributed by atoms with Crippen molar-refractivity contribution in [1.29, 1.82) is 0 Å². The van der Waals surface area contributed by atoms with Gasteiger partial charge in [-0.3, -0.25) is 9.97 Å². The fourth-order valence-electron chi connectivity index (χ4n) is 2.07. The second-order valence-electron chi connectivity index (χ2n) is 3.95. The van der Waals surface area contributed by atoms with Gasteiger partial charge in [-0.1, -0.05) is 12.8 Å². The Kier molecular flexibility index (Phi) is 3.09. The standard InChI is InChI=1S/C11H17N3/c12-6-5-10-7-14-11(8-13-10)9-3-1-2-4-9/h7-9H,1-6,12H2. The highest BCUT2D eigenvalue weighted by Crippen LogP contribution is 2.32. The van der Waals surface area contributed by atoms with Gasteiger partial charge >= 0.3 is 0 Å². The Bertz CT molecular complexity index is 275. The first-order valence-corrected chi connectivity index (χ1v) is 5.41. The van der Waals surface area contributed by atoms with Gasteiger partial charge < -0.3 is 5.73 Å². The van der Waals surface area contributed by atoms with Crippen LogP contribution < -0.4 is 5.73 Å². The van der Waals surface area contributed by atoms with Crippen molar-refractivity contribution in [3.8, 4) is 0 Å². The molecule has 0 bridgehead atoms. The lowest BCUT2D eigenvalue weighted by atomic mass is 10.1. The van der Waals surface area contributed by atoms with Gasteiger partial charge in [0.05, 0.1) is 11.4 Å². The Morgan fingerprint density at radius 3 is 2.57 bits per heavy atom. The third-order valence-corrected chi connectivity index (χ3v) is 2.90. The van der Waals surface area contributed by atoms with Crippen LogP contribution in [0.5, 0.6) is 0 Å². The molecule has 1 aliphatic carbocycles. The van der Waals surface area contributed by atoms with Crippen LogP contribution in [0.25, 0.3) is 0 Å². The molecule has 0 atom stereocenters. The van der Waals surface area contributed by atoms with Crippen LogP contribution in [-0.4, -0.2) is 16.5 Å². The molecule has 1 aromatic heterocycles. The van der Waals surface area contributed by atoms with Crippen molar-refractivity contribution in [1.82, 2.24) is 9.97 Å². The molecule has 0 amide bonds. The third kappa shape index (κ3) is 2.10. The molecule has 0 aliphatic heterocycles. The Hall–Kier alpha value is -0.960. The zero-order chi connectivity index (χ0) is 9.80. The fraction of sp³-hybridized carbons (Fsp3) is 0.636. The first-order valence-electron chi connectivity index (χ1n) is 5.41. The number of hydrogen-bond donors (Lipinski definition) is 1. The van der Waals surface area contributed by atoms with Crippen molar-refractivity contribution in [2.24, 2.45) is 5.73 Å². The van der Waals surface area contributed by atoms with Crippen molar-refractivity contribution in [2.45, 2.75) is 38.0 Å². The van der Waals surface area contributed by atoms with Crippen LogP contribution in [0.2, 0.25) is 0 Å². The Morgan fingerprint density at radius 1 is 1.21 bits per heavy atom. The molecular formula is C11H17N3. The normalized spacial score (nSPS) is 17.5. The van der Waals surface area contributed by atoms with Crippen LogP contribution in [0.3, 0.4) is 0 Å². The van der Waals surface area contributed by atoms with Gasteiger partial charge in [-0.25, -0.2) is 0 Å². The summed E-state index contributed by atoms with van der Waals surface area (Å²) in [7, 11) is 0. The van der Waals surface area contributed by atoms with Crippen molar-refractivity contribution in [3.63, 3.8) is 0 Å². The second kappa shape index (κ2) is 4.51. The number of aromatic nitrogens is 2. The van der Waals surface area contributed by atoms with Crippen molar-refractivity contribution in [2.75, 3.05) is 6.54 Å². The molecule has 1 aliphatic rings. The van der Waals surface area contributed by atoms with Gasteiger partial charge in [-0.15, -0.1) is 0 Å². The summed E-state index contributed by atoms with van der Waals surface area (Å²) in [5, 5.41) is 0. The van der Waals surface area contributed by atoms with E-state index in [4.69, 9.17) is 5.73 Å². The predicted octanol–water partition coefficient (Wildman–Crippen LogP) is 1.64. The van der Waals surface area contributed by atoms with Crippen LogP contribution in [0, 0.1) is 0 Å². The topological polar surface area (TPSA) is 51.8 Å². The lowest BCUT2D eigenvalue weighted by molar-refractivity contribution is 0.688. The van der Waals surface area contributed by atoms with E-state index >= 15 is 0 Å². The van der Waals surface area contributed by atoms with Crippen molar-refractivity contribution < 1.29 is 0 Å². The first kappa shape index (κ1) is 9.59. The van der Waals surface area contributed by atoms with Crippen LogP contribution in [0.4, 0.5) is 0 Å². The third-order valence-electron chi connectivity index (χ3n) is 2.90. The molecule has 0 aromatic carbocycles. The quantitative estimate of drug-likeness (QED) is 0.790. The summed E-state index contributed by atoms with van der Waals surface area (Å²) in [5.74, 6) is 0.662. The van der Waals surface area contributed by atoms with Gasteiger partial charge in [-0.2, -0.15) is 0 Å². The fourth-order valence-corrected chi connectivity index (χ4v) is 2.07. The summed E-state index contributed by atoms with van der Waals surface area (Å²) < 4.78 is 0. The molecule has 14 heavy (non-hydrogen) atoms. The number of nitrogens with two attached hydrogens (primary N) is 1. The van der Waals surface area contributed by atoms with Crippen LogP contribution in [-0.2, 0) is 6.42 Å². The van der Waals surface area contributed by atoms with E-state index in [9.17, 15) is 0 Å². The SMILES string of the molecule is NCCc1cnc(C2CCCC2)cn1. The number of rotatable bonds is 3. The van der Waals surface area contributed by atoms with Gasteiger partial charge in [0.25, 0.3) is 0 Å². The summed E-state index contributed by atoms with van der Waals surface area (Å²) in [6.07, 6.45) is 9.89. The van der Waals surface area contributed by atoms with Crippen LogP contribution in [0.15, 0.2) is 12.4 Å². The van der Waals surface area contributed by atoms with E-state index in [0.29, 0.717) is 12.5 Å². The minimum absolute atomic E-state index is 0.650. The molecule has 76 valence electrons. The maximum absolute atomic E-state index is 5.45. The predicted molar refractivity (Wildman–Crippen MR) is 56.0 cm³/mol. The first-order chi connectivity index (χ1) is 6.90. The molecule has 1 heterocycles. The lowest BCUT2D eigenvalue weighted by Crippen LogP contribution is -2.06. The Morgan fingerprint density at radius 2 is 2.00 bits per heavy atom. The van der Waals surface area contributed by atoms with Gasteiger partial charge in [0.2, 0.25) is 0 Å². The highest BCUT2D eigenvalue weighted by atomic mass is 14.8. The Labute approximate surface area is 84.8 Å². The van der Waals surface area contributed by atoms with Gasteiger partial charge in [0, 0.05) is 24.7 Å². The molecule has 1 aromatic rings. The summed E-state index contributed by atoms with van der Waals surface area (Å²) in [4.78, 5) is 8.83. The smallest absolute Gasteiger partial charge is 0.0617 e. The molecule has 0 saturated heterocycles. The highest BCUT2D eigenvalue weighted by Gasteiger charge is 2.18. The van der Waals surface area contributed by atoms with Crippen molar-refractivity contribution >= 4 is 0 Å². The van der Waals surface area contributed by atoms with Gasteiger partial charge in [0.1, 0.15) is 0 Å². The highest BCUT2D eigenvalue weighted by molar-refractivity contribution is 5.08. The molecule has 3 heteroatoms. The average Bonchev–Trinajstić information content (AvgIpc) is 2.72. The Balaban J connectivity index is 2.05. The minimum atomic E-state index is 0.650. The summed E-state index contributed by atoms with van der Waals surface area (Å²) in [6, 6.07) is 0. The molecular weight excluding hydrogens is 174 g/mol. The van der Waals surface area contributed by atoms with E-state index in [0.717, 1.165) is 12.1 Å². The van der Waals surface area contributed by atoms with E-state index in [2.05, 4.69) is 9.97 Å². The lowest BCUT2D eigenvalue weighted by Gasteiger charge is -2.07. The van der Waals surface area contributed by atoms with Crippen LogP contribution in [0.1, 0.15) is 43.0 Å². The molecule has 2 rings (SSSR count). The largest absolute Gasteiger partial charge is 0.330 e. The monoisotopic (exact) mass is 191 g/mol. The summed E-state index contributed by atoms with van der Waals surface area (Å²) in [5.41, 5.74) is 7.63. The average molecular weight is 191 g/mol. The second-order valence-corrected chi connectivity index (χ2v) is 3.95. The number of hydrogen-bond acceptors (Lipinski definition) is 3.